The fourth-order valence-electron chi connectivity index (χ4n) is 2.07. The van der Waals surface area contributed by atoms with E-state index in [2.05, 4.69) is 34.2 Å². The van der Waals surface area contributed by atoms with E-state index in [4.69, 9.17) is 11.6 Å². The van der Waals surface area contributed by atoms with Crippen LogP contribution in [-0.4, -0.2) is 25.6 Å². The fraction of sp³-hybridized carbons (Fsp3) is 0.615. The van der Waals surface area contributed by atoms with Crippen molar-refractivity contribution in [3.63, 3.8) is 0 Å². The highest BCUT2D eigenvalue weighted by atomic mass is 35.5. The van der Waals surface area contributed by atoms with Crippen molar-refractivity contribution in [3.05, 3.63) is 17.0 Å². The normalized spacial score (nSPS) is 12.8. The first-order chi connectivity index (χ1) is 9.13. The van der Waals surface area contributed by atoms with Crippen LogP contribution in [0, 0.1) is 6.92 Å². The van der Waals surface area contributed by atoms with Crippen LogP contribution in [0.25, 0.3) is 5.78 Å². The third-order valence-corrected chi connectivity index (χ3v) is 3.60. The first-order valence-electron chi connectivity index (χ1n) is 6.75. The van der Waals surface area contributed by atoms with Crippen LogP contribution < -0.4 is 5.32 Å². The molecule has 2 rings (SSSR count). The summed E-state index contributed by atoms with van der Waals surface area (Å²) < 4.78 is 1.71. The number of nitrogens with zero attached hydrogens (tertiary/aromatic N) is 4. The second kappa shape index (κ2) is 6.19. The Bertz CT molecular complexity index is 551. The van der Waals surface area contributed by atoms with E-state index in [-0.39, 0.29) is 0 Å². The van der Waals surface area contributed by atoms with Gasteiger partial charge in [0, 0.05) is 11.6 Å². The maximum Gasteiger partial charge on any atom is 0.255 e. The van der Waals surface area contributed by atoms with Crippen LogP contribution >= 0.6 is 11.6 Å². The summed E-state index contributed by atoms with van der Waals surface area (Å²) in [7, 11) is 0. The Balaban J connectivity index is 2.19. The molecule has 104 valence electrons. The molecule has 5 nitrogen and oxygen atoms in total. The zero-order valence-electron chi connectivity index (χ0n) is 11.6. The smallest absolute Gasteiger partial charge is 0.255 e. The molecule has 6 heteroatoms. The average molecular weight is 282 g/mol. The molecule has 0 amide bonds. The molecule has 0 aliphatic heterocycles. The largest absolute Gasteiger partial charge is 0.367 e. The molecule has 2 aromatic rings. The lowest BCUT2D eigenvalue weighted by molar-refractivity contribution is 0.611. The van der Waals surface area contributed by atoms with E-state index in [1.165, 1.54) is 25.6 Å². The Morgan fingerprint density at radius 1 is 1.42 bits per heavy atom. The Hall–Kier alpha value is -1.36. The number of nitrogens with one attached hydrogen (secondary N) is 1. The minimum Gasteiger partial charge on any atom is -0.367 e. The molecule has 1 N–H and O–H groups in total. The molecule has 1 atom stereocenters. The van der Waals surface area contributed by atoms with E-state index in [1.807, 2.05) is 6.92 Å². The van der Waals surface area contributed by atoms with Gasteiger partial charge >= 0.3 is 0 Å². The summed E-state index contributed by atoms with van der Waals surface area (Å²) in [6.07, 6.45) is 6.35. The highest BCUT2D eigenvalue weighted by Crippen LogP contribution is 2.23. The molecule has 0 bridgehead atoms. The van der Waals surface area contributed by atoms with E-state index in [0.29, 0.717) is 17.0 Å². The van der Waals surface area contributed by atoms with Crippen molar-refractivity contribution in [2.75, 3.05) is 5.32 Å². The highest BCUT2D eigenvalue weighted by molar-refractivity contribution is 6.30. The van der Waals surface area contributed by atoms with E-state index in [1.54, 1.807) is 4.52 Å². The summed E-state index contributed by atoms with van der Waals surface area (Å²) >= 11 is 6.13. The van der Waals surface area contributed by atoms with Crippen LogP contribution in [0.1, 0.15) is 45.1 Å². The minimum absolute atomic E-state index is 0.371. The van der Waals surface area contributed by atoms with Gasteiger partial charge in [-0.3, -0.25) is 0 Å². The van der Waals surface area contributed by atoms with Crippen LogP contribution in [0.2, 0.25) is 5.15 Å². The van der Waals surface area contributed by atoms with Gasteiger partial charge < -0.3 is 5.32 Å². The Morgan fingerprint density at radius 2 is 2.21 bits per heavy atom. The van der Waals surface area contributed by atoms with Crippen LogP contribution in [0.3, 0.4) is 0 Å². The van der Waals surface area contributed by atoms with Gasteiger partial charge in [-0.2, -0.15) is 19.6 Å². The van der Waals surface area contributed by atoms with Crippen molar-refractivity contribution in [3.8, 4) is 0 Å². The van der Waals surface area contributed by atoms with Gasteiger partial charge in [-0.05, 0) is 20.3 Å². The average Bonchev–Trinajstić information content (AvgIpc) is 2.83. The summed E-state index contributed by atoms with van der Waals surface area (Å²) in [6.45, 7) is 6.33. The molecule has 0 saturated heterocycles. The van der Waals surface area contributed by atoms with Gasteiger partial charge in [0.2, 0.25) is 0 Å². The van der Waals surface area contributed by atoms with Crippen molar-refractivity contribution >= 4 is 23.2 Å². The van der Waals surface area contributed by atoms with Crippen molar-refractivity contribution in [1.29, 1.82) is 0 Å². The fourth-order valence-corrected chi connectivity index (χ4v) is 2.24. The monoisotopic (exact) mass is 281 g/mol. The van der Waals surface area contributed by atoms with E-state index >= 15 is 0 Å². The molecule has 19 heavy (non-hydrogen) atoms. The summed E-state index contributed by atoms with van der Waals surface area (Å²) in [5.41, 5.74) is 0.905. The van der Waals surface area contributed by atoms with Gasteiger partial charge in [0.05, 0.1) is 0 Å². The number of anilines is 1. The molecule has 0 radical (unpaired) electrons. The maximum absolute atomic E-state index is 6.13. The number of hydrogen-bond acceptors (Lipinski definition) is 4. The number of rotatable bonds is 6. The number of halogens is 1. The van der Waals surface area contributed by atoms with E-state index in [9.17, 15) is 0 Å². The molecule has 0 aliphatic carbocycles. The minimum atomic E-state index is 0.371. The third-order valence-electron chi connectivity index (χ3n) is 3.23. The lowest BCUT2D eigenvalue weighted by atomic mass is 10.1. The van der Waals surface area contributed by atoms with Crippen molar-refractivity contribution in [2.24, 2.45) is 0 Å². The summed E-state index contributed by atoms with van der Waals surface area (Å²) in [4.78, 5) is 8.27. The third kappa shape index (κ3) is 3.15. The predicted octanol–water partition coefficient (Wildman–Crippen LogP) is 3.47. The number of aromatic nitrogens is 4. The molecule has 0 aliphatic rings. The SMILES string of the molecule is CCCCCC(C)Nc1c(C)c(Cl)nc2ncnn12. The van der Waals surface area contributed by atoms with Gasteiger partial charge in [-0.1, -0.05) is 37.8 Å². The molecule has 0 fully saturated rings. The van der Waals surface area contributed by atoms with Crippen LogP contribution in [0.5, 0.6) is 0 Å². The van der Waals surface area contributed by atoms with E-state index < -0.39 is 0 Å². The maximum atomic E-state index is 6.13. The van der Waals surface area contributed by atoms with Gasteiger partial charge in [0.15, 0.2) is 0 Å². The number of hydrogen-bond donors (Lipinski definition) is 1. The zero-order valence-corrected chi connectivity index (χ0v) is 12.4. The molecule has 0 spiro atoms. The highest BCUT2D eigenvalue weighted by Gasteiger charge is 2.13. The van der Waals surface area contributed by atoms with Crippen molar-refractivity contribution < 1.29 is 0 Å². The van der Waals surface area contributed by atoms with Gasteiger partial charge in [-0.25, -0.2) is 0 Å². The number of unbranched alkanes of at least 4 members (excludes halogenated alkanes) is 2. The first kappa shape index (κ1) is 14.1. The standard InChI is InChI=1S/C13H20ClN5/c1-4-5-6-7-9(2)17-12-10(3)11(14)18-13-15-8-16-19(12)13/h8-9,17H,4-7H2,1-3H3. The number of fused-ring (bicyclic) bond motifs is 1. The van der Waals surface area contributed by atoms with Crippen LogP contribution in [0.15, 0.2) is 6.33 Å². The second-order valence-corrected chi connectivity index (χ2v) is 5.25. The Morgan fingerprint density at radius 3 is 2.95 bits per heavy atom. The van der Waals surface area contributed by atoms with Crippen molar-refractivity contribution in [1.82, 2.24) is 19.6 Å². The molecule has 1 unspecified atom stereocenters. The molecular formula is C13H20ClN5. The van der Waals surface area contributed by atoms with Gasteiger partial charge in [0.25, 0.3) is 5.78 Å². The summed E-state index contributed by atoms with van der Waals surface area (Å²) in [5.74, 6) is 1.41. The van der Waals surface area contributed by atoms with Crippen LogP contribution in [-0.2, 0) is 0 Å². The Kier molecular flexibility index (Phi) is 4.58. The molecule has 2 heterocycles. The molecular weight excluding hydrogens is 262 g/mol. The van der Waals surface area contributed by atoms with Gasteiger partial charge in [0.1, 0.15) is 17.3 Å². The zero-order chi connectivity index (χ0) is 13.8. The molecule has 0 aromatic carbocycles. The lowest BCUT2D eigenvalue weighted by Crippen LogP contribution is -2.19. The molecule has 0 saturated carbocycles. The van der Waals surface area contributed by atoms with E-state index in [0.717, 1.165) is 17.8 Å². The lowest BCUT2D eigenvalue weighted by Gasteiger charge is -2.17. The second-order valence-electron chi connectivity index (χ2n) is 4.89. The Labute approximate surface area is 118 Å². The predicted molar refractivity (Wildman–Crippen MR) is 77.8 cm³/mol. The summed E-state index contributed by atoms with van der Waals surface area (Å²) in [5, 5.41) is 8.14. The quantitative estimate of drug-likeness (QED) is 0.651. The van der Waals surface area contributed by atoms with Crippen molar-refractivity contribution in [2.45, 2.75) is 52.5 Å². The summed E-state index contributed by atoms with van der Waals surface area (Å²) in [6, 6.07) is 0.371. The topological polar surface area (TPSA) is 55.1 Å². The molecule has 2 aromatic heterocycles. The first-order valence-corrected chi connectivity index (χ1v) is 7.13. The van der Waals surface area contributed by atoms with Gasteiger partial charge in [-0.15, -0.1) is 0 Å². The van der Waals surface area contributed by atoms with Crippen LogP contribution in [0.4, 0.5) is 5.82 Å².